The summed E-state index contributed by atoms with van der Waals surface area (Å²) in [5.74, 6) is 0.0955. The number of halogens is 1. The van der Waals surface area contributed by atoms with E-state index in [1.165, 1.54) is 0 Å². The normalized spacial score (nSPS) is 21.7. The van der Waals surface area contributed by atoms with E-state index in [1.54, 1.807) is 11.3 Å². The molecule has 1 fully saturated rings. The lowest BCUT2D eigenvalue weighted by Gasteiger charge is -2.21. The molecule has 1 aliphatic rings. The van der Waals surface area contributed by atoms with Gasteiger partial charge in [0.25, 0.3) is 0 Å². The summed E-state index contributed by atoms with van der Waals surface area (Å²) in [7, 11) is 0. The average Bonchev–Trinajstić information content (AvgIpc) is 2.95. The maximum absolute atomic E-state index is 12.3. The van der Waals surface area contributed by atoms with Crippen molar-refractivity contribution in [2.45, 2.75) is 20.3 Å². The summed E-state index contributed by atoms with van der Waals surface area (Å²) in [6.07, 6.45) is 0.890. The minimum absolute atomic E-state index is 0. The lowest BCUT2D eigenvalue weighted by atomic mass is 9.89. The van der Waals surface area contributed by atoms with E-state index in [1.807, 2.05) is 32.0 Å². The number of anilines is 1. The summed E-state index contributed by atoms with van der Waals surface area (Å²) in [5, 5.41) is 7.32. The molecule has 1 aliphatic heterocycles. The predicted octanol–water partition coefficient (Wildman–Crippen LogP) is 2.96. The zero-order valence-corrected chi connectivity index (χ0v) is 13.2. The Morgan fingerprint density at radius 3 is 3.00 bits per heavy atom. The van der Waals surface area contributed by atoms with Crippen molar-refractivity contribution in [2.24, 2.45) is 5.41 Å². The smallest absolute Gasteiger partial charge is 0.231 e. The van der Waals surface area contributed by atoms with Crippen molar-refractivity contribution in [3.63, 3.8) is 0 Å². The molecule has 2 heterocycles. The quantitative estimate of drug-likeness (QED) is 0.896. The maximum atomic E-state index is 12.3. The number of nitrogens with one attached hydrogen (secondary N) is 2. The fourth-order valence-corrected chi connectivity index (χ4v) is 3.28. The average molecular weight is 312 g/mol. The van der Waals surface area contributed by atoms with E-state index in [0.29, 0.717) is 0 Å². The van der Waals surface area contributed by atoms with E-state index in [4.69, 9.17) is 0 Å². The summed E-state index contributed by atoms with van der Waals surface area (Å²) < 4.78 is 1.12. The highest BCUT2D eigenvalue weighted by atomic mass is 35.5. The van der Waals surface area contributed by atoms with Crippen LogP contribution in [-0.2, 0) is 4.79 Å². The molecule has 1 unspecified atom stereocenters. The van der Waals surface area contributed by atoms with Crippen molar-refractivity contribution < 1.29 is 4.79 Å². The van der Waals surface area contributed by atoms with Crippen molar-refractivity contribution in [1.82, 2.24) is 10.3 Å². The Bertz CT molecular complexity index is 634. The van der Waals surface area contributed by atoms with Gasteiger partial charge in [0.05, 0.1) is 20.6 Å². The zero-order valence-electron chi connectivity index (χ0n) is 11.5. The molecule has 1 saturated heterocycles. The number of thiazole rings is 1. The van der Waals surface area contributed by atoms with Crippen LogP contribution in [-0.4, -0.2) is 24.0 Å². The van der Waals surface area contributed by atoms with Gasteiger partial charge in [-0.15, -0.1) is 23.7 Å². The number of amides is 1. The Kier molecular flexibility index (Phi) is 4.32. The maximum Gasteiger partial charge on any atom is 0.231 e. The van der Waals surface area contributed by atoms with Gasteiger partial charge in [-0.25, -0.2) is 4.98 Å². The molecule has 6 heteroatoms. The highest BCUT2D eigenvalue weighted by Gasteiger charge is 2.36. The molecule has 1 aromatic heterocycles. The monoisotopic (exact) mass is 311 g/mol. The van der Waals surface area contributed by atoms with Crippen LogP contribution >= 0.6 is 23.7 Å². The summed E-state index contributed by atoms with van der Waals surface area (Å²) in [6, 6.07) is 5.89. The van der Waals surface area contributed by atoms with Crippen molar-refractivity contribution in [1.29, 1.82) is 0 Å². The summed E-state index contributed by atoms with van der Waals surface area (Å²) in [4.78, 5) is 16.7. The predicted molar refractivity (Wildman–Crippen MR) is 85.8 cm³/mol. The minimum atomic E-state index is -0.293. The van der Waals surface area contributed by atoms with E-state index in [9.17, 15) is 4.79 Å². The summed E-state index contributed by atoms with van der Waals surface area (Å²) in [5.41, 5.74) is 1.56. The van der Waals surface area contributed by atoms with Gasteiger partial charge in [0.2, 0.25) is 5.91 Å². The second-order valence-electron chi connectivity index (χ2n) is 5.36. The number of fused-ring (bicyclic) bond motifs is 1. The van der Waals surface area contributed by atoms with Crippen LogP contribution in [0.15, 0.2) is 18.2 Å². The third-order valence-electron chi connectivity index (χ3n) is 3.67. The topological polar surface area (TPSA) is 54.0 Å². The number of carbonyl (C=O) groups excluding carboxylic acids is 1. The molecule has 4 nitrogen and oxygen atoms in total. The number of rotatable bonds is 2. The fraction of sp³-hybridized carbons (Fsp3) is 0.429. The van der Waals surface area contributed by atoms with Gasteiger partial charge in [-0.05, 0) is 45.0 Å². The standard InChI is InChI=1S/C14H17N3OS.ClH/c1-9-16-11-4-3-10(7-12(11)19-9)17-13(18)14(2)5-6-15-8-14;/h3-4,7,15H,5-6,8H2,1-2H3,(H,17,18);1H. The number of hydrogen-bond acceptors (Lipinski definition) is 4. The van der Waals surface area contributed by atoms with Gasteiger partial charge in [0.15, 0.2) is 0 Å². The van der Waals surface area contributed by atoms with Crippen molar-refractivity contribution in [2.75, 3.05) is 18.4 Å². The second kappa shape index (κ2) is 5.68. The van der Waals surface area contributed by atoms with Crippen LogP contribution in [0.1, 0.15) is 18.4 Å². The van der Waals surface area contributed by atoms with Gasteiger partial charge in [-0.2, -0.15) is 0 Å². The Balaban J connectivity index is 0.00000147. The van der Waals surface area contributed by atoms with Gasteiger partial charge in [0, 0.05) is 12.2 Å². The molecule has 108 valence electrons. The van der Waals surface area contributed by atoms with E-state index in [0.717, 1.165) is 40.4 Å². The van der Waals surface area contributed by atoms with E-state index in [-0.39, 0.29) is 23.7 Å². The lowest BCUT2D eigenvalue weighted by Crippen LogP contribution is -2.35. The second-order valence-corrected chi connectivity index (χ2v) is 6.59. The van der Waals surface area contributed by atoms with E-state index < -0.39 is 0 Å². The van der Waals surface area contributed by atoms with Gasteiger partial charge in [-0.3, -0.25) is 4.79 Å². The molecule has 1 aromatic carbocycles. The molecule has 0 aliphatic carbocycles. The summed E-state index contributed by atoms with van der Waals surface area (Å²) in [6.45, 7) is 5.67. The molecule has 0 bridgehead atoms. The first-order valence-electron chi connectivity index (χ1n) is 6.46. The number of aromatic nitrogens is 1. The molecular weight excluding hydrogens is 294 g/mol. The first-order valence-corrected chi connectivity index (χ1v) is 7.28. The lowest BCUT2D eigenvalue weighted by molar-refractivity contribution is -0.123. The Hall–Kier alpha value is -1.17. The van der Waals surface area contributed by atoms with E-state index in [2.05, 4.69) is 15.6 Å². The Morgan fingerprint density at radius 2 is 2.30 bits per heavy atom. The molecule has 1 amide bonds. The third kappa shape index (κ3) is 2.80. The Labute approximate surface area is 128 Å². The molecule has 20 heavy (non-hydrogen) atoms. The van der Waals surface area contributed by atoms with Crippen LogP contribution in [0, 0.1) is 12.3 Å². The van der Waals surface area contributed by atoms with Crippen LogP contribution in [0.2, 0.25) is 0 Å². The number of carbonyl (C=O) groups is 1. The summed E-state index contributed by atoms with van der Waals surface area (Å²) >= 11 is 1.65. The van der Waals surface area contributed by atoms with Crippen LogP contribution < -0.4 is 10.6 Å². The van der Waals surface area contributed by atoms with Crippen molar-refractivity contribution in [3.8, 4) is 0 Å². The van der Waals surface area contributed by atoms with Gasteiger partial charge in [0.1, 0.15) is 0 Å². The van der Waals surface area contributed by atoms with Gasteiger partial charge < -0.3 is 10.6 Å². The molecule has 0 spiro atoms. The van der Waals surface area contributed by atoms with Crippen molar-refractivity contribution >= 4 is 45.6 Å². The first-order chi connectivity index (χ1) is 9.07. The first kappa shape index (κ1) is 15.2. The number of aryl methyl sites for hydroxylation is 1. The SMILES string of the molecule is Cc1nc2ccc(NC(=O)C3(C)CCNC3)cc2s1.Cl. The zero-order chi connectivity index (χ0) is 13.5. The fourth-order valence-electron chi connectivity index (χ4n) is 2.41. The number of hydrogen-bond donors (Lipinski definition) is 2. The molecule has 1 atom stereocenters. The molecule has 0 radical (unpaired) electrons. The van der Waals surface area contributed by atoms with Crippen molar-refractivity contribution in [3.05, 3.63) is 23.2 Å². The minimum Gasteiger partial charge on any atom is -0.326 e. The number of nitrogens with zero attached hydrogens (tertiary/aromatic N) is 1. The van der Waals surface area contributed by atoms with Gasteiger partial charge >= 0.3 is 0 Å². The van der Waals surface area contributed by atoms with Crippen LogP contribution in [0.4, 0.5) is 5.69 Å². The molecule has 3 rings (SSSR count). The van der Waals surface area contributed by atoms with Gasteiger partial charge in [-0.1, -0.05) is 0 Å². The van der Waals surface area contributed by atoms with Crippen LogP contribution in [0.3, 0.4) is 0 Å². The van der Waals surface area contributed by atoms with Crippen LogP contribution in [0.5, 0.6) is 0 Å². The third-order valence-corrected chi connectivity index (χ3v) is 4.60. The highest BCUT2D eigenvalue weighted by Crippen LogP contribution is 2.28. The molecule has 2 N–H and O–H groups in total. The highest BCUT2D eigenvalue weighted by molar-refractivity contribution is 7.18. The molecule has 0 saturated carbocycles. The van der Waals surface area contributed by atoms with E-state index >= 15 is 0 Å². The molecular formula is C14H18ClN3OS. The Morgan fingerprint density at radius 1 is 1.50 bits per heavy atom. The number of benzene rings is 1. The largest absolute Gasteiger partial charge is 0.326 e. The molecule has 2 aromatic rings. The van der Waals surface area contributed by atoms with Crippen LogP contribution in [0.25, 0.3) is 10.2 Å².